The molecule has 0 spiro atoms. The third kappa shape index (κ3) is 5.98. The predicted molar refractivity (Wildman–Crippen MR) is 125 cm³/mol. The molecule has 1 atom stereocenters. The van der Waals surface area contributed by atoms with Gasteiger partial charge in [-0.05, 0) is 31.2 Å². The molecule has 2 aromatic carbocycles. The molecule has 1 heterocycles. The van der Waals surface area contributed by atoms with Gasteiger partial charge in [-0.25, -0.2) is 4.39 Å². The molecule has 0 radical (unpaired) electrons. The van der Waals surface area contributed by atoms with Crippen molar-refractivity contribution in [1.82, 2.24) is 20.1 Å². The fourth-order valence-corrected chi connectivity index (χ4v) is 3.83. The molecule has 10 heteroatoms. The zero-order valence-corrected chi connectivity index (χ0v) is 19.1. The SMILES string of the molecule is C=CCn1c(SCC(=O)Nc2ccccc2OC)nnc1[C@@H](C)NC(=O)c1ccccc1F. The van der Waals surface area contributed by atoms with Gasteiger partial charge < -0.3 is 19.9 Å². The molecular formula is C23H24FN5O3S. The number of thioether (sulfide) groups is 1. The number of nitrogens with zero attached hydrogens (tertiary/aromatic N) is 3. The minimum atomic E-state index is -0.605. The van der Waals surface area contributed by atoms with Gasteiger partial charge in [0.25, 0.3) is 5.91 Å². The lowest BCUT2D eigenvalue weighted by Crippen LogP contribution is -2.29. The van der Waals surface area contributed by atoms with Crippen LogP contribution in [0.5, 0.6) is 5.75 Å². The standard InChI is InChI=1S/C23H24FN5O3S/c1-4-13-29-21(15(2)25-22(31)16-9-5-6-10-17(16)24)27-28-23(29)33-14-20(30)26-18-11-7-8-12-19(18)32-3/h4-12,15H,1,13-14H2,2-3H3,(H,25,31)(H,26,30)/t15-/m1/s1. The molecule has 0 fully saturated rings. The predicted octanol–water partition coefficient (Wildman–Crippen LogP) is 3.83. The van der Waals surface area contributed by atoms with E-state index in [-0.39, 0.29) is 17.2 Å². The van der Waals surface area contributed by atoms with E-state index in [2.05, 4.69) is 27.4 Å². The summed E-state index contributed by atoms with van der Waals surface area (Å²) in [6, 6.07) is 12.3. The Morgan fingerprint density at radius 2 is 1.94 bits per heavy atom. The normalized spacial score (nSPS) is 11.5. The number of aromatic nitrogens is 3. The number of rotatable bonds is 10. The topological polar surface area (TPSA) is 98.1 Å². The van der Waals surface area contributed by atoms with Gasteiger partial charge in [0, 0.05) is 6.54 Å². The van der Waals surface area contributed by atoms with Crippen molar-refractivity contribution < 1.29 is 18.7 Å². The number of anilines is 1. The number of hydrogen-bond acceptors (Lipinski definition) is 6. The number of benzene rings is 2. The molecule has 2 N–H and O–H groups in total. The first kappa shape index (κ1) is 24.0. The summed E-state index contributed by atoms with van der Waals surface area (Å²) < 4.78 is 20.9. The van der Waals surface area contributed by atoms with Crippen LogP contribution in [-0.4, -0.2) is 39.4 Å². The van der Waals surface area contributed by atoms with E-state index in [9.17, 15) is 14.0 Å². The molecule has 0 saturated carbocycles. The Bertz CT molecular complexity index is 1150. The van der Waals surface area contributed by atoms with Gasteiger partial charge in [0.2, 0.25) is 5.91 Å². The van der Waals surface area contributed by atoms with Crippen molar-refractivity contribution in [2.45, 2.75) is 24.7 Å². The summed E-state index contributed by atoms with van der Waals surface area (Å²) in [4.78, 5) is 24.9. The summed E-state index contributed by atoms with van der Waals surface area (Å²) in [5, 5.41) is 14.4. The Labute approximate surface area is 195 Å². The van der Waals surface area contributed by atoms with E-state index < -0.39 is 17.8 Å². The van der Waals surface area contributed by atoms with E-state index in [4.69, 9.17) is 4.74 Å². The van der Waals surface area contributed by atoms with Crippen LogP contribution in [0.3, 0.4) is 0 Å². The van der Waals surface area contributed by atoms with Crippen molar-refractivity contribution in [3.8, 4) is 5.75 Å². The molecule has 3 aromatic rings. The van der Waals surface area contributed by atoms with Crippen molar-refractivity contribution in [1.29, 1.82) is 0 Å². The lowest BCUT2D eigenvalue weighted by molar-refractivity contribution is -0.113. The lowest BCUT2D eigenvalue weighted by atomic mass is 10.2. The highest BCUT2D eigenvalue weighted by Crippen LogP contribution is 2.25. The first-order chi connectivity index (χ1) is 15.9. The number of halogens is 1. The zero-order chi connectivity index (χ0) is 23.8. The number of nitrogens with one attached hydrogen (secondary N) is 2. The summed E-state index contributed by atoms with van der Waals surface area (Å²) in [6.07, 6.45) is 1.66. The molecule has 172 valence electrons. The third-order valence-electron chi connectivity index (χ3n) is 4.62. The Hall–Kier alpha value is -3.66. The second-order valence-corrected chi connectivity index (χ2v) is 7.89. The van der Waals surface area contributed by atoms with Crippen LogP contribution in [0.25, 0.3) is 0 Å². The molecule has 1 aromatic heterocycles. The molecule has 8 nitrogen and oxygen atoms in total. The number of carbonyl (C=O) groups excluding carboxylic acids is 2. The molecule has 3 rings (SSSR count). The molecule has 0 aliphatic rings. The number of amides is 2. The maximum atomic E-state index is 13.9. The Kier molecular flexibility index (Phi) is 8.20. The van der Waals surface area contributed by atoms with Crippen molar-refractivity contribution in [2.24, 2.45) is 0 Å². The number of methoxy groups -OCH3 is 1. The van der Waals surface area contributed by atoms with Gasteiger partial charge in [0.1, 0.15) is 11.6 Å². The van der Waals surface area contributed by atoms with E-state index in [0.717, 1.165) is 0 Å². The fourth-order valence-electron chi connectivity index (χ4n) is 3.08. The number of hydrogen-bond donors (Lipinski definition) is 2. The van der Waals surface area contributed by atoms with Crippen LogP contribution in [0.1, 0.15) is 29.1 Å². The van der Waals surface area contributed by atoms with Crippen molar-refractivity contribution in [2.75, 3.05) is 18.2 Å². The van der Waals surface area contributed by atoms with Crippen molar-refractivity contribution in [3.05, 3.63) is 78.4 Å². The largest absolute Gasteiger partial charge is 0.495 e. The Balaban J connectivity index is 1.68. The Morgan fingerprint density at radius 1 is 1.21 bits per heavy atom. The summed E-state index contributed by atoms with van der Waals surface area (Å²) in [5.74, 6) is -0.283. The highest BCUT2D eigenvalue weighted by molar-refractivity contribution is 7.99. The smallest absolute Gasteiger partial charge is 0.254 e. The van der Waals surface area contributed by atoms with Gasteiger partial charge in [-0.2, -0.15) is 0 Å². The molecule has 0 saturated heterocycles. The zero-order valence-electron chi connectivity index (χ0n) is 18.2. The maximum absolute atomic E-state index is 13.9. The van der Waals surface area contributed by atoms with Crippen molar-refractivity contribution in [3.63, 3.8) is 0 Å². The summed E-state index contributed by atoms with van der Waals surface area (Å²) in [7, 11) is 1.53. The summed E-state index contributed by atoms with van der Waals surface area (Å²) >= 11 is 1.20. The van der Waals surface area contributed by atoms with Crippen LogP contribution in [0, 0.1) is 5.82 Å². The van der Waals surface area contributed by atoms with Gasteiger partial charge in [-0.15, -0.1) is 16.8 Å². The van der Waals surface area contributed by atoms with Crippen LogP contribution < -0.4 is 15.4 Å². The highest BCUT2D eigenvalue weighted by Gasteiger charge is 2.21. The first-order valence-electron chi connectivity index (χ1n) is 10.1. The first-order valence-corrected chi connectivity index (χ1v) is 11.1. The second-order valence-electron chi connectivity index (χ2n) is 6.95. The van der Waals surface area contributed by atoms with Crippen LogP contribution in [0.15, 0.2) is 66.3 Å². The molecule has 0 unspecified atom stereocenters. The van der Waals surface area contributed by atoms with Gasteiger partial charge in [-0.1, -0.05) is 42.1 Å². The van der Waals surface area contributed by atoms with E-state index in [1.165, 1.54) is 37.1 Å². The van der Waals surface area contributed by atoms with Gasteiger partial charge >= 0.3 is 0 Å². The minimum Gasteiger partial charge on any atom is -0.495 e. The van der Waals surface area contributed by atoms with Crippen LogP contribution >= 0.6 is 11.8 Å². The van der Waals surface area contributed by atoms with E-state index in [1.54, 1.807) is 41.8 Å². The molecule has 0 bridgehead atoms. The summed E-state index contributed by atoms with van der Waals surface area (Å²) in [6.45, 7) is 5.85. The molecule has 0 aliphatic carbocycles. The Morgan fingerprint density at radius 3 is 2.67 bits per heavy atom. The number of allylic oxidation sites excluding steroid dienone is 1. The maximum Gasteiger partial charge on any atom is 0.254 e. The molecular weight excluding hydrogens is 445 g/mol. The van der Waals surface area contributed by atoms with Crippen molar-refractivity contribution >= 4 is 29.3 Å². The number of ether oxygens (including phenoxy) is 1. The van der Waals surface area contributed by atoms with E-state index >= 15 is 0 Å². The van der Waals surface area contributed by atoms with Crippen LogP contribution in [0.4, 0.5) is 10.1 Å². The molecule has 2 amide bonds. The van der Waals surface area contributed by atoms with Gasteiger partial charge in [-0.3, -0.25) is 9.59 Å². The highest BCUT2D eigenvalue weighted by atomic mass is 32.2. The molecule has 33 heavy (non-hydrogen) atoms. The van der Waals surface area contributed by atoms with E-state index in [0.29, 0.717) is 29.0 Å². The number of para-hydroxylation sites is 2. The molecule has 0 aliphatic heterocycles. The summed E-state index contributed by atoms with van der Waals surface area (Å²) in [5.41, 5.74) is 0.519. The van der Waals surface area contributed by atoms with Gasteiger partial charge in [0.15, 0.2) is 11.0 Å². The third-order valence-corrected chi connectivity index (χ3v) is 5.59. The number of carbonyl (C=O) groups is 2. The monoisotopic (exact) mass is 469 g/mol. The van der Waals surface area contributed by atoms with Crippen LogP contribution in [-0.2, 0) is 11.3 Å². The minimum absolute atomic E-state index is 0.0539. The van der Waals surface area contributed by atoms with Crippen LogP contribution in [0.2, 0.25) is 0 Å². The average Bonchev–Trinajstić information content (AvgIpc) is 3.21. The average molecular weight is 470 g/mol. The second kappa shape index (κ2) is 11.3. The fraction of sp³-hybridized carbons (Fsp3) is 0.217. The lowest BCUT2D eigenvalue weighted by Gasteiger charge is -2.15. The quantitative estimate of drug-likeness (QED) is 0.346. The van der Waals surface area contributed by atoms with E-state index in [1.807, 2.05) is 6.07 Å². The van der Waals surface area contributed by atoms with Gasteiger partial charge in [0.05, 0.1) is 30.2 Å².